The fraction of sp³-hybridized carbons (Fsp3) is 0. The first-order chi connectivity index (χ1) is 13.9. The van der Waals surface area contributed by atoms with E-state index in [1.54, 1.807) is 0 Å². The Balaban J connectivity index is 0.00000181. The molecule has 0 bridgehead atoms. The fourth-order valence-corrected chi connectivity index (χ4v) is 4.09. The number of fused-ring (bicyclic) bond motifs is 2. The van der Waals surface area contributed by atoms with Crippen LogP contribution in [0.5, 0.6) is 5.75 Å². The van der Waals surface area contributed by atoms with Crippen LogP contribution >= 0.6 is 0 Å². The maximum Gasteiger partial charge on any atom is 1.00 e. The monoisotopic (exact) mass is 495 g/mol. The number of benzene rings is 2. The van der Waals surface area contributed by atoms with Crippen LogP contribution in [0.15, 0.2) is 56.5 Å². The summed E-state index contributed by atoms with van der Waals surface area (Å²) in [4.78, 5) is 26.8. The van der Waals surface area contributed by atoms with E-state index in [4.69, 9.17) is 0 Å². The largest absolute Gasteiger partial charge is 1.00 e. The third-order valence-electron chi connectivity index (χ3n) is 4.43. The number of aromatic hydroxyl groups is 1. The van der Waals surface area contributed by atoms with Crippen LogP contribution in [0.25, 0.3) is 10.9 Å². The molecule has 3 aromatic rings. The van der Waals surface area contributed by atoms with Crippen molar-refractivity contribution < 1.29 is 95.0 Å². The molecule has 4 rings (SSSR count). The molecule has 1 aliphatic heterocycles. The van der Waals surface area contributed by atoms with E-state index in [0.29, 0.717) is 4.68 Å². The number of aromatic nitrogens is 1. The van der Waals surface area contributed by atoms with E-state index >= 15 is 0 Å². The van der Waals surface area contributed by atoms with Crippen molar-refractivity contribution in [2.24, 2.45) is 10.3 Å². The third kappa shape index (κ3) is 4.35. The van der Waals surface area contributed by atoms with Crippen molar-refractivity contribution in [2.75, 3.05) is 0 Å². The Kier molecular flexibility index (Phi) is 7.58. The molecule has 0 saturated heterocycles. The van der Waals surface area contributed by atoms with Gasteiger partial charge in [-0.25, -0.2) is 21.8 Å². The molecule has 0 radical (unpaired) electrons. The van der Waals surface area contributed by atoms with Gasteiger partial charge < -0.3 is 14.2 Å². The minimum absolute atomic E-state index is 0. The van der Waals surface area contributed by atoms with Gasteiger partial charge in [-0.15, -0.1) is 4.91 Å². The average Bonchev–Trinajstić information content (AvgIpc) is 3.13. The number of aliphatic imine (C=N–C) groups is 1. The number of rotatable bonds is 4. The first-order valence-corrected chi connectivity index (χ1v) is 10.7. The summed E-state index contributed by atoms with van der Waals surface area (Å²) < 4.78 is 67.9. The zero-order valence-corrected chi connectivity index (χ0v) is 22.0. The van der Waals surface area contributed by atoms with Crippen molar-refractivity contribution in [1.82, 2.24) is 4.68 Å². The molecule has 2 aromatic carbocycles. The molecule has 1 N–H and O–H groups in total. The maximum absolute atomic E-state index is 12.8. The van der Waals surface area contributed by atoms with Crippen molar-refractivity contribution in [3.05, 3.63) is 52.6 Å². The van der Waals surface area contributed by atoms with Crippen molar-refractivity contribution in [3.63, 3.8) is 0 Å². The number of nitroso groups, excluding NO2 is 1. The second-order valence-corrected chi connectivity index (χ2v) is 8.91. The second-order valence-electron chi connectivity index (χ2n) is 6.15. The van der Waals surface area contributed by atoms with Crippen molar-refractivity contribution in [2.45, 2.75) is 9.79 Å². The molecule has 0 aliphatic carbocycles. The van der Waals surface area contributed by atoms with Crippen molar-refractivity contribution in [1.29, 1.82) is 0 Å². The smallest absolute Gasteiger partial charge is 0.744 e. The maximum atomic E-state index is 12.8. The normalized spacial score (nSPS) is 13.2. The number of hydrogen-bond donors (Lipinski definition) is 1. The quantitative estimate of drug-likeness (QED) is 0.209. The van der Waals surface area contributed by atoms with Crippen molar-refractivity contribution in [3.8, 4) is 5.75 Å². The van der Waals surface area contributed by atoms with E-state index in [9.17, 15) is 40.7 Å². The Hall–Kier alpha value is -1.46. The van der Waals surface area contributed by atoms with Crippen molar-refractivity contribution >= 4 is 48.3 Å². The van der Waals surface area contributed by atoms with Crippen LogP contribution in [0.3, 0.4) is 0 Å². The number of carbonyl (C=O) groups is 1. The molecule has 0 saturated carbocycles. The summed E-state index contributed by atoms with van der Waals surface area (Å²) >= 11 is 0. The Morgan fingerprint density at radius 1 is 0.938 bits per heavy atom. The number of nitrogens with zero attached hydrogens (tertiary/aromatic N) is 3. The van der Waals surface area contributed by atoms with Gasteiger partial charge in [0.05, 0.1) is 31.8 Å². The summed E-state index contributed by atoms with van der Waals surface area (Å²) in [5.74, 6) is -1.65. The van der Waals surface area contributed by atoms with Gasteiger partial charge in [-0.05, 0) is 36.4 Å². The van der Waals surface area contributed by atoms with Gasteiger partial charge in [-0.2, -0.15) is 4.68 Å². The standard InChI is InChI=1S/C16H9N3O9S2.2Na/c20-15-9-5-7(29(23,24)25)1-3-11(9)17-13(15)14-16(21)10-6-8(30(26,27)28)2-4-12(10)19(14)18-22;;/h1-6,21H,(H,23,24,25)(H,26,27,28);;/q;2*+1/p-2. The van der Waals surface area contributed by atoms with Gasteiger partial charge in [0.15, 0.2) is 5.75 Å². The number of ketones is 1. The molecular formula is C16H7N3Na2O9S2. The first-order valence-electron chi connectivity index (χ1n) is 7.84. The van der Waals surface area contributed by atoms with Crippen LogP contribution in [0.1, 0.15) is 16.1 Å². The minimum Gasteiger partial charge on any atom is -0.744 e. The predicted molar refractivity (Wildman–Crippen MR) is 97.7 cm³/mol. The van der Waals surface area contributed by atoms with Crippen LogP contribution in [0.4, 0.5) is 5.69 Å². The van der Waals surface area contributed by atoms with Crippen LogP contribution in [0.2, 0.25) is 0 Å². The van der Waals surface area contributed by atoms with Crippen LogP contribution in [0, 0.1) is 4.91 Å². The third-order valence-corrected chi connectivity index (χ3v) is 6.09. The molecule has 12 nitrogen and oxygen atoms in total. The molecule has 0 unspecified atom stereocenters. The molecule has 1 aliphatic rings. The first kappa shape index (κ1) is 26.8. The summed E-state index contributed by atoms with van der Waals surface area (Å²) in [5, 5.41) is 13.0. The molecule has 32 heavy (non-hydrogen) atoms. The van der Waals surface area contributed by atoms with Gasteiger partial charge in [-0.1, -0.05) is 0 Å². The topological polar surface area (TPSA) is 198 Å². The van der Waals surface area contributed by atoms with Gasteiger partial charge in [0, 0.05) is 5.39 Å². The van der Waals surface area contributed by atoms with Crippen LogP contribution < -0.4 is 59.1 Å². The molecule has 16 heteroatoms. The van der Waals surface area contributed by atoms with E-state index in [1.807, 2.05) is 0 Å². The fourth-order valence-electron chi connectivity index (χ4n) is 3.10. The second kappa shape index (κ2) is 9.06. The summed E-state index contributed by atoms with van der Waals surface area (Å²) in [6, 6.07) is 5.61. The molecule has 0 amide bonds. The van der Waals surface area contributed by atoms with Gasteiger partial charge >= 0.3 is 59.1 Å². The molecule has 1 aromatic heterocycles. The van der Waals surface area contributed by atoms with E-state index in [1.165, 1.54) is 0 Å². The Morgan fingerprint density at radius 2 is 1.50 bits per heavy atom. The molecule has 0 atom stereocenters. The summed E-state index contributed by atoms with van der Waals surface area (Å²) in [7, 11) is -9.73. The average molecular weight is 495 g/mol. The number of hydrogen-bond acceptors (Lipinski definition) is 11. The van der Waals surface area contributed by atoms with Gasteiger partial charge in [0.25, 0.3) is 0 Å². The summed E-state index contributed by atoms with van der Waals surface area (Å²) in [6.07, 6.45) is 0. The van der Waals surface area contributed by atoms with E-state index in [2.05, 4.69) is 10.3 Å². The SMILES string of the molecule is O=Nn1c(C2=Nc3ccc(S(=O)(=O)[O-])cc3C2=O)c(O)c2cc(S(=O)(=O)[O-])ccc21.[Na+].[Na+]. The Bertz CT molecular complexity index is 1540. The summed E-state index contributed by atoms with van der Waals surface area (Å²) in [5.41, 5.74) is -1.38. The Labute approximate surface area is 224 Å². The van der Waals surface area contributed by atoms with E-state index in [0.717, 1.165) is 36.4 Å². The van der Waals surface area contributed by atoms with Gasteiger partial charge in [0.1, 0.15) is 31.6 Å². The van der Waals surface area contributed by atoms with Crippen LogP contribution in [-0.2, 0) is 20.2 Å². The van der Waals surface area contributed by atoms with E-state index < -0.39 is 53.0 Å². The molecule has 2 heterocycles. The van der Waals surface area contributed by atoms with Gasteiger partial charge in [0.2, 0.25) is 5.78 Å². The zero-order chi connectivity index (χ0) is 22.0. The Morgan fingerprint density at radius 3 is 2.06 bits per heavy atom. The minimum atomic E-state index is -4.88. The molecular weight excluding hydrogens is 488 g/mol. The number of Topliss-reactive ketones (excluding diaryl/α,β-unsaturated/α-hetero) is 1. The molecule has 0 fully saturated rings. The molecule has 0 spiro atoms. The molecule has 154 valence electrons. The number of carbonyl (C=O) groups excluding carboxylic acids is 1. The van der Waals surface area contributed by atoms with Gasteiger partial charge in [-0.3, -0.25) is 4.79 Å². The van der Waals surface area contributed by atoms with Crippen LogP contribution in [-0.4, -0.2) is 47.2 Å². The summed E-state index contributed by atoms with van der Waals surface area (Å²) in [6.45, 7) is 0. The predicted octanol–water partition coefficient (Wildman–Crippen LogP) is -4.99. The van der Waals surface area contributed by atoms with E-state index in [-0.39, 0.29) is 81.3 Å². The zero-order valence-electron chi connectivity index (χ0n) is 16.3.